The van der Waals surface area contributed by atoms with Gasteiger partial charge in [0, 0.05) is 23.0 Å². The number of sulfonamides is 1. The summed E-state index contributed by atoms with van der Waals surface area (Å²) in [5, 5.41) is 8.63. The van der Waals surface area contributed by atoms with Crippen LogP contribution < -0.4 is 0 Å². The van der Waals surface area contributed by atoms with Crippen molar-refractivity contribution < 1.29 is 13.3 Å². The fourth-order valence-corrected chi connectivity index (χ4v) is 4.83. The van der Waals surface area contributed by atoms with E-state index >= 15 is 0 Å². The Balaban J connectivity index is 1.79. The van der Waals surface area contributed by atoms with Crippen LogP contribution in [-0.4, -0.2) is 50.9 Å². The van der Waals surface area contributed by atoms with Crippen LogP contribution in [0.3, 0.4) is 0 Å². The second kappa shape index (κ2) is 10.1. The average molecular weight is 517 g/mol. The number of hydroxylamine groups is 2. The zero-order chi connectivity index (χ0) is 24.3. The Morgan fingerprint density at radius 1 is 1.00 bits per heavy atom. The largest absolute Gasteiger partial charge is 0.285 e. The van der Waals surface area contributed by atoms with Gasteiger partial charge >= 0.3 is 0 Å². The van der Waals surface area contributed by atoms with Crippen molar-refractivity contribution in [3.05, 3.63) is 100 Å². The minimum atomic E-state index is -4.06. The highest BCUT2D eigenvalue weighted by atomic mass is 35.5. The molecule has 176 valence electrons. The molecule has 10 heteroatoms. The van der Waals surface area contributed by atoms with E-state index in [0.717, 1.165) is 16.8 Å². The second-order valence-electron chi connectivity index (χ2n) is 7.54. The molecule has 0 radical (unpaired) electrons. The van der Waals surface area contributed by atoms with E-state index in [1.54, 1.807) is 24.2 Å². The smallest absolute Gasteiger partial charge is 0.274 e. The molecule has 34 heavy (non-hydrogen) atoms. The highest BCUT2D eigenvalue weighted by molar-refractivity contribution is 7.90. The lowest BCUT2D eigenvalue weighted by Crippen LogP contribution is -2.39. The third-order valence-corrected chi connectivity index (χ3v) is 7.13. The summed E-state index contributed by atoms with van der Waals surface area (Å²) in [5.74, 6) is -0.0987. The summed E-state index contributed by atoms with van der Waals surface area (Å²) in [7, 11) is -1.06. The maximum absolute atomic E-state index is 13.1. The molecule has 3 aromatic rings. The minimum absolute atomic E-state index is 0.0135. The quantitative estimate of drug-likeness (QED) is 0.270. The van der Waals surface area contributed by atoms with Crippen LogP contribution in [0.15, 0.2) is 93.3 Å². The standard InChI is InChI=1S/C24H22Cl2N4O3S/c1-29(33-2)24(28-34(31,32)21-14-12-20(26)13-15-21)30-16-22(17-6-4-3-5-7-17)23(27-30)18-8-10-19(25)11-9-18/h3-15,22H,16H2,1-2H3. The Morgan fingerprint density at radius 3 is 2.18 bits per heavy atom. The van der Waals surface area contributed by atoms with Crippen molar-refractivity contribution in [2.24, 2.45) is 9.50 Å². The molecule has 1 heterocycles. The second-order valence-corrected chi connectivity index (χ2v) is 10.0. The van der Waals surface area contributed by atoms with Crippen LogP contribution in [-0.2, 0) is 14.9 Å². The summed E-state index contributed by atoms with van der Waals surface area (Å²) in [6.07, 6.45) is 0. The summed E-state index contributed by atoms with van der Waals surface area (Å²) in [5.41, 5.74) is 2.68. The lowest BCUT2D eigenvalue weighted by Gasteiger charge is -2.24. The summed E-state index contributed by atoms with van der Waals surface area (Å²) in [4.78, 5) is 5.33. The lowest BCUT2D eigenvalue weighted by atomic mass is 9.91. The van der Waals surface area contributed by atoms with Gasteiger partial charge in [0.05, 0.1) is 24.3 Å². The first-order valence-corrected chi connectivity index (χ1v) is 12.5. The van der Waals surface area contributed by atoms with Crippen molar-refractivity contribution in [2.75, 3.05) is 20.7 Å². The summed E-state index contributed by atoms with van der Waals surface area (Å²) < 4.78 is 30.2. The lowest BCUT2D eigenvalue weighted by molar-refractivity contribution is -0.0523. The van der Waals surface area contributed by atoms with E-state index in [2.05, 4.69) is 4.40 Å². The van der Waals surface area contributed by atoms with Crippen molar-refractivity contribution in [1.82, 2.24) is 10.1 Å². The molecule has 0 N–H and O–H groups in total. The molecule has 0 saturated carbocycles. The van der Waals surface area contributed by atoms with E-state index in [4.69, 9.17) is 33.1 Å². The SMILES string of the molecule is CON(C)C(=NS(=O)(=O)c1ccc(Cl)cc1)N1CC(c2ccccc2)C(c2ccc(Cl)cc2)=N1. The Kier molecular flexibility index (Phi) is 7.23. The van der Waals surface area contributed by atoms with Gasteiger partial charge in [-0.25, -0.2) is 10.1 Å². The van der Waals surface area contributed by atoms with Crippen LogP contribution in [0, 0.1) is 0 Å². The fraction of sp³-hybridized carbons (Fsp3) is 0.167. The molecule has 4 rings (SSSR count). The number of hydrazone groups is 1. The topological polar surface area (TPSA) is 74.6 Å². The maximum Gasteiger partial charge on any atom is 0.285 e. The van der Waals surface area contributed by atoms with Crippen LogP contribution >= 0.6 is 23.2 Å². The number of hydrogen-bond donors (Lipinski definition) is 0. The molecule has 0 spiro atoms. The first-order chi connectivity index (χ1) is 16.3. The normalized spacial score (nSPS) is 16.5. The van der Waals surface area contributed by atoms with E-state index in [9.17, 15) is 8.42 Å². The molecule has 0 bridgehead atoms. The average Bonchev–Trinajstić information content (AvgIpc) is 3.28. The number of benzene rings is 3. The molecule has 0 amide bonds. The van der Waals surface area contributed by atoms with E-state index in [1.807, 2.05) is 42.5 Å². The van der Waals surface area contributed by atoms with Gasteiger partial charge in [0.1, 0.15) is 0 Å². The van der Waals surface area contributed by atoms with E-state index in [0.29, 0.717) is 16.6 Å². The minimum Gasteiger partial charge on any atom is -0.274 e. The molecule has 7 nitrogen and oxygen atoms in total. The summed E-state index contributed by atoms with van der Waals surface area (Å²) in [6, 6.07) is 23.1. The van der Waals surface area contributed by atoms with Crippen molar-refractivity contribution in [3.63, 3.8) is 0 Å². The monoisotopic (exact) mass is 516 g/mol. The predicted molar refractivity (Wildman–Crippen MR) is 135 cm³/mol. The first-order valence-electron chi connectivity index (χ1n) is 10.3. The van der Waals surface area contributed by atoms with Gasteiger partial charge in [0.15, 0.2) is 0 Å². The third kappa shape index (κ3) is 5.26. The number of rotatable bonds is 5. The number of nitrogens with zero attached hydrogens (tertiary/aromatic N) is 4. The van der Waals surface area contributed by atoms with Gasteiger partial charge in [-0.15, -0.1) is 4.40 Å². The van der Waals surface area contributed by atoms with Gasteiger partial charge < -0.3 is 0 Å². The third-order valence-electron chi connectivity index (χ3n) is 5.36. The van der Waals surface area contributed by atoms with E-state index in [1.165, 1.54) is 36.4 Å². The summed E-state index contributed by atoms with van der Waals surface area (Å²) >= 11 is 12.0. The molecular formula is C24H22Cl2N4O3S. The number of hydrogen-bond acceptors (Lipinski definition) is 4. The molecule has 1 aliphatic rings. The molecule has 1 unspecified atom stereocenters. The predicted octanol–water partition coefficient (Wildman–Crippen LogP) is 5.04. The number of guanidine groups is 1. The van der Waals surface area contributed by atoms with Gasteiger partial charge in [0.25, 0.3) is 16.0 Å². The Labute approximate surface area is 208 Å². The van der Waals surface area contributed by atoms with Gasteiger partial charge in [-0.2, -0.15) is 13.5 Å². The summed E-state index contributed by atoms with van der Waals surface area (Å²) in [6.45, 7) is 0.366. The molecule has 1 aliphatic heterocycles. The first kappa shape index (κ1) is 24.2. The molecule has 1 atom stereocenters. The van der Waals surface area contributed by atoms with Crippen molar-refractivity contribution >= 4 is 44.9 Å². The van der Waals surface area contributed by atoms with Crippen LogP contribution in [0.5, 0.6) is 0 Å². The molecule has 0 aliphatic carbocycles. The van der Waals surface area contributed by atoms with Gasteiger partial charge in [-0.1, -0.05) is 65.7 Å². The zero-order valence-corrected chi connectivity index (χ0v) is 20.8. The van der Waals surface area contributed by atoms with Crippen LogP contribution in [0.1, 0.15) is 17.0 Å². The van der Waals surface area contributed by atoms with E-state index < -0.39 is 10.0 Å². The Bertz CT molecular complexity index is 1310. The Hall–Kier alpha value is -2.91. The zero-order valence-electron chi connectivity index (χ0n) is 18.5. The van der Waals surface area contributed by atoms with E-state index in [-0.39, 0.29) is 16.8 Å². The fourth-order valence-electron chi connectivity index (χ4n) is 3.57. The highest BCUT2D eigenvalue weighted by Crippen LogP contribution is 2.30. The van der Waals surface area contributed by atoms with Gasteiger partial charge in [0.2, 0.25) is 0 Å². The molecule has 0 aromatic heterocycles. The molecular weight excluding hydrogens is 495 g/mol. The molecule has 0 saturated heterocycles. The molecule has 0 fully saturated rings. The van der Waals surface area contributed by atoms with Crippen molar-refractivity contribution in [2.45, 2.75) is 10.8 Å². The van der Waals surface area contributed by atoms with Crippen molar-refractivity contribution in [1.29, 1.82) is 0 Å². The Morgan fingerprint density at radius 2 is 1.59 bits per heavy atom. The maximum atomic E-state index is 13.1. The van der Waals surface area contributed by atoms with Gasteiger partial charge in [-0.05, 0) is 47.5 Å². The highest BCUT2D eigenvalue weighted by Gasteiger charge is 2.34. The number of halogens is 2. The van der Waals surface area contributed by atoms with Gasteiger partial charge in [-0.3, -0.25) is 4.84 Å². The molecule has 3 aromatic carbocycles. The van der Waals surface area contributed by atoms with Crippen molar-refractivity contribution in [3.8, 4) is 0 Å². The van der Waals surface area contributed by atoms with Crippen LogP contribution in [0.25, 0.3) is 0 Å². The van der Waals surface area contributed by atoms with Crippen LogP contribution in [0.4, 0.5) is 0 Å². The van der Waals surface area contributed by atoms with Crippen LogP contribution in [0.2, 0.25) is 10.0 Å².